The molecular formula is C24H29ClN6O. The van der Waals surface area contributed by atoms with Crippen molar-refractivity contribution in [1.29, 1.82) is 0 Å². The number of ether oxygens (including phenoxy) is 1. The summed E-state index contributed by atoms with van der Waals surface area (Å²) in [6.45, 7) is 6.42. The lowest BCUT2D eigenvalue weighted by Crippen LogP contribution is -2.48. The average molecular weight is 453 g/mol. The maximum Gasteiger partial charge on any atom is 0.173 e. The molecule has 0 saturated carbocycles. The number of piperazine rings is 1. The molecule has 0 spiro atoms. The van der Waals surface area contributed by atoms with Crippen LogP contribution < -0.4 is 0 Å². The van der Waals surface area contributed by atoms with Gasteiger partial charge in [0.15, 0.2) is 5.82 Å². The van der Waals surface area contributed by atoms with Crippen LogP contribution in [-0.4, -0.2) is 68.9 Å². The summed E-state index contributed by atoms with van der Waals surface area (Å²) < 4.78 is 7.78. The van der Waals surface area contributed by atoms with E-state index in [2.05, 4.69) is 67.8 Å². The Labute approximate surface area is 193 Å². The molecule has 2 fully saturated rings. The maximum absolute atomic E-state index is 6.19. The summed E-state index contributed by atoms with van der Waals surface area (Å²) in [6, 6.07) is 18.7. The molecule has 7 nitrogen and oxygen atoms in total. The molecule has 0 unspecified atom stereocenters. The van der Waals surface area contributed by atoms with Crippen LogP contribution in [0.3, 0.4) is 0 Å². The van der Waals surface area contributed by atoms with Crippen LogP contribution in [0.5, 0.6) is 0 Å². The lowest BCUT2D eigenvalue weighted by molar-refractivity contribution is 0.0842. The standard InChI is InChI=1S/C24H29ClN6O/c25-21-10-8-20(9-11-21)23(24-26-27-28-31(24)18-22-7-4-16-32-22)30-14-12-29(13-15-30)17-19-5-2-1-3-6-19/h1-3,5-6,8-11,22-23H,4,7,12-18H2/t22-,23+/m1/s1. The minimum atomic E-state index is -0.0115. The zero-order valence-electron chi connectivity index (χ0n) is 18.2. The molecule has 1 aromatic heterocycles. The summed E-state index contributed by atoms with van der Waals surface area (Å²) in [5, 5.41) is 13.6. The smallest absolute Gasteiger partial charge is 0.173 e. The molecule has 168 valence electrons. The van der Waals surface area contributed by atoms with Gasteiger partial charge in [-0.2, -0.15) is 0 Å². The van der Waals surface area contributed by atoms with Crippen molar-refractivity contribution in [3.8, 4) is 0 Å². The first kappa shape index (κ1) is 21.5. The summed E-state index contributed by atoms with van der Waals surface area (Å²) >= 11 is 6.19. The fourth-order valence-electron chi connectivity index (χ4n) is 4.71. The van der Waals surface area contributed by atoms with E-state index in [9.17, 15) is 0 Å². The molecule has 0 aliphatic carbocycles. The van der Waals surface area contributed by atoms with Crippen molar-refractivity contribution in [2.24, 2.45) is 0 Å². The van der Waals surface area contributed by atoms with Crippen LogP contribution in [-0.2, 0) is 17.8 Å². The fourth-order valence-corrected chi connectivity index (χ4v) is 4.83. The Morgan fingerprint density at radius 3 is 2.50 bits per heavy atom. The Kier molecular flexibility index (Phi) is 6.78. The van der Waals surface area contributed by atoms with Gasteiger partial charge >= 0.3 is 0 Å². The monoisotopic (exact) mass is 452 g/mol. The number of aromatic nitrogens is 4. The van der Waals surface area contributed by atoms with Crippen LogP contribution in [0.1, 0.15) is 35.8 Å². The lowest BCUT2D eigenvalue weighted by atomic mass is 10.0. The van der Waals surface area contributed by atoms with Crippen LogP contribution >= 0.6 is 11.6 Å². The summed E-state index contributed by atoms with van der Waals surface area (Å²) in [5.41, 5.74) is 2.52. The third-order valence-corrected chi connectivity index (χ3v) is 6.66. The minimum Gasteiger partial charge on any atom is -0.376 e. The van der Waals surface area contributed by atoms with E-state index in [1.54, 1.807) is 0 Å². The molecule has 2 aromatic carbocycles. The molecule has 3 heterocycles. The molecule has 0 radical (unpaired) electrons. The zero-order valence-corrected chi connectivity index (χ0v) is 18.9. The number of rotatable bonds is 7. The first-order chi connectivity index (χ1) is 15.8. The van der Waals surface area contributed by atoms with Crippen molar-refractivity contribution in [3.63, 3.8) is 0 Å². The number of hydrogen-bond acceptors (Lipinski definition) is 6. The molecule has 32 heavy (non-hydrogen) atoms. The highest BCUT2D eigenvalue weighted by Gasteiger charge is 2.31. The molecule has 0 amide bonds. The molecule has 3 aromatic rings. The lowest BCUT2D eigenvalue weighted by Gasteiger charge is -2.39. The van der Waals surface area contributed by atoms with Gasteiger partial charge in [0.05, 0.1) is 18.7 Å². The molecule has 0 N–H and O–H groups in total. The Balaban J connectivity index is 1.35. The van der Waals surface area contributed by atoms with Crippen LogP contribution in [0, 0.1) is 0 Å². The summed E-state index contributed by atoms with van der Waals surface area (Å²) in [5.74, 6) is 0.874. The van der Waals surface area contributed by atoms with Crippen LogP contribution in [0.2, 0.25) is 5.02 Å². The first-order valence-corrected chi connectivity index (χ1v) is 11.8. The minimum absolute atomic E-state index is 0.0115. The highest BCUT2D eigenvalue weighted by atomic mass is 35.5. The quantitative estimate of drug-likeness (QED) is 0.547. The third kappa shape index (κ3) is 5.02. The molecule has 5 rings (SSSR count). The fraction of sp³-hybridized carbons (Fsp3) is 0.458. The van der Waals surface area contributed by atoms with E-state index in [1.165, 1.54) is 5.56 Å². The molecule has 2 saturated heterocycles. The molecular weight excluding hydrogens is 424 g/mol. The number of benzene rings is 2. The predicted molar refractivity (Wildman–Crippen MR) is 123 cm³/mol. The SMILES string of the molecule is Clc1ccc([C@@H](c2nnnn2C[C@H]2CCCO2)N2CCN(Cc3ccccc3)CC2)cc1. The van der Waals surface area contributed by atoms with E-state index in [1.807, 2.05) is 16.8 Å². The van der Waals surface area contributed by atoms with Gasteiger partial charge < -0.3 is 4.74 Å². The second kappa shape index (κ2) is 10.1. The number of hydrogen-bond donors (Lipinski definition) is 0. The van der Waals surface area contributed by atoms with Crippen molar-refractivity contribution in [2.45, 2.75) is 38.1 Å². The van der Waals surface area contributed by atoms with E-state index in [0.29, 0.717) is 6.54 Å². The molecule has 8 heteroatoms. The van der Waals surface area contributed by atoms with Crippen LogP contribution in [0.4, 0.5) is 0 Å². The van der Waals surface area contributed by atoms with Crippen LogP contribution in [0.15, 0.2) is 54.6 Å². The third-order valence-electron chi connectivity index (χ3n) is 6.41. The average Bonchev–Trinajstić information content (AvgIpc) is 3.50. The van der Waals surface area contributed by atoms with Crippen molar-refractivity contribution in [3.05, 3.63) is 76.6 Å². The van der Waals surface area contributed by atoms with Crippen LogP contribution in [0.25, 0.3) is 0 Å². The zero-order chi connectivity index (χ0) is 21.8. The molecule has 0 bridgehead atoms. The van der Waals surface area contributed by atoms with Gasteiger partial charge in [-0.15, -0.1) is 5.10 Å². The summed E-state index contributed by atoms with van der Waals surface area (Å²) in [7, 11) is 0. The Hall–Kier alpha value is -2.32. The van der Waals surface area contributed by atoms with Gasteiger partial charge in [-0.1, -0.05) is 54.1 Å². The van der Waals surface area contributed by atoms with Gasteiger partial charge in [-0.25, -0.2) is 4.68 Å². The number of tetrazole rings is 1. The van der Waals surface area contributed by atoms with Gasteiger partial charge in [-0.05, 0) is 46.5 Å². The van der Waals surface area contributed by atoms with E-state index in [4.69, 9.17) is 16.3 Å². The Morgan fingerprint density at radius 1 is 1.00 bits per heavy atom. The van der Waals surface area contributed by atoms with Crippen molar-refractivity contribution < 1.29 is 4.74 Å². The Morgan fingerprint density at radius 2 is 1.78 bits per heavy atom. The molecule has 2 aliphatic heterocycles. The largest absolute Gasteiger partial charge is 0.376 e. The maximum atomic E-state index is 6.19. The second-order valence-electron chi connectivity index (χ2n) is 8.61. The first-order valence-electron chi connectivity index (χ1n) is 11.4. The molecule has 2 atom stereocenters. The Bertz CT molecular complexity index is 981. The van der Waals surface area contributed by atoms with E-state index in [-0.39, 0.29) is 12.1 Å². The van der Waals surface area contributed by atoms with Crippen molar-refractivity contribution in [1.82, 2.24) is 30.0 Å². The molecule has 2 aliphatic rings. The number of halogens is 1. The van der Waals surface area contributed by atoms with Gasteiger partial charge in [0.1, 0.15) is 0 Å². The van der Waals surface area contributed by atoms with Crippen molar-refractivity contribution >= 4 is 11.6 Å². The predicted octanol–water partition coefficient (Wildman–Crippen LogP) is 3.41. The highest BCUT2D eigenvalue weighted by Crippen LogP contribution is 2.30. The highest BCUT2D eigenvalue weighted by molar-refractivity contribution is 6.30. The van der Waals surface area contributed by atoms with Crippen molar-refractivity contribution in [2.75, 3.05) is 32.8 Å². The second-order valence-corrected chi connectivity index (χ2v) is 9.04. The number of nitrogens with zero attached hydrogens (tertiary/aromatic N) is 6. The van der Waals surface area contributed by atoms with Gasteiger partial charge in [0.2, 0.25) is 0 Å². The summed E-state index contributed by atoms with van der Waals surface area (Å²) in [6.07, 6.45) is 2.35. The normalized spacial score (nSPS) is 21.1. The van der Waals surface area contributed by atoms with E-state index >= 15 is 0 Å². The topological polar surface area (TPSA) is 59.3 Å². The summed E-state index contributed by atoms with van der Waals surface area (Å²) in [4.78, 5) is 5.00. The van der Waals surface area contributed by atoms with Gasteiger partial charge in [-0.3, -0.25) is 9.80 Å². The van der Waals surface area contributed by atoms with E-state index < -0.39 is 0 Å². The van der Waals surface area contributed by atoms with E-state index in [0.717, 1.165) is 68.6 Å². The van der Waals surface area contributed by atoms with Gasteiger partial charge in [0.25, 0.3) is 0 Å². The van der Waals surface area contributed by atoms with Gasteiger partial charge in [0, 0.05) is 44.4 Å².